The highest BCUT2D eigenvalue weighted by Crippen LogP contribution is 2.35. The predicted octanol–water partition coefficient (Wildman–Crippen LogP) is 4.36. The Hall–Kier alpha value is -0.170. The SMILES string of the molecule is CNC(c1ccc(Br)s1)c1c(Br)cnn1C(C)C. The van der Waals surface area contributed by atoms with Gasteiger partial charge in [0.15, 0.2) is 0 Å². The molecule has 0 aromatic carbocycles. The third-order valence-electron chi connectivity index (χ3n) is 2.72. The van der Waals surface area contributed by atoms with Crippen molar-refractivity contribution in [1.29, 1.82) is 0 Å². The van der Waals surface area contributed by atoms with E-state index in [1.54, 1.807) is 11.3 Å². The lowest BCUT2D eigenvalue weighted by Crippen LogP contribution is -2.22. The van der Waals surface area contributed by atoms with Crippen LogP contribution in [0.1, 0.15) is 36.5 Å². The number of rotatable bonds is 4. The molecule has 0 amide bonds. The number of hydrogen-bond donors (Lipinski definition) is 1. The van der Waals surface area contributed by atoms with E-state index in [9.17, 15) is 0 Å². The fraction of sp³-hybridized carbons (Fsp3) is 0.417. The van der Waals surface area contributed by atoms with E-state index in [1.165, 1.54) is 10.6 Å². The lowest BCUT2D eigenvalue weighted by Gasteiger charge is -2.19. The van der Waals surface area contributed by atoms with Crippen LogP contribution in [0, 0.1) is 0 Å². The second kappa shape index (κ2) is 5.86. The molecule has 0 saturated heterocycles. The molecular weight excluding hydrogens is 378 g/mol. The number of nitrogens with one attached hydrogen (secondary N) is 1. The Morgan fingerprint density at radius 1 is 1.33 bits per heavy atom. The van der Waals surface area contributed by atoms with Crippen molar-refractivity contribution >= 4 is 43.2 Å². The van der Waals surface area contributed by atoms with Crippen LogP contribution in [0.3, 0.4) is 0 Å². The van der Waals surface area contributed by atoms with Crippen LogP contribution in [0.4, 0.5) is 0 Å². The summed E-state index contributed by atoms with van der Waals surface area (Å²) < 4.78 is 4.24. The fourth-order valence-electron chi connectivity index (χ4n) is 1.93. The van der Waals surface area contributed by atoms with Crippen LogP contribution >= 0.6 is 43.2 Å². The average molecular weight is 393 g/mol. The Morgan fingerprint density at radius 2 is 2.06 bits per heavy atom. The summed E-state index contributed by atoms with van der Waals surface area (Å²) in [6.45, 7) is 4.28. The summed E-state index contributed by atoms with van der Waals surface area (Å²) in [7, 11) is 1.97. The summed E-state index contributed by atoms with van der Waals surface area (Å²) in [5.74, 6) is 0. The van der Waals surface area contributed by atoms with Gasteiger partial charge in [-0.15, -0.1) is 11.3 Å². The van der Waals surface area contributed by atoms with Gasteiger partial charge in [-0.2, -0.15) is 5.10 Å². The second-order valence-corrected chi connectivity index (χ2v) is 7.63. The second-order valence-electron chi connectivity index (χ2n) is 4.28. The molecule has 1 atom stereocenters. The van der Waals surface area contributed by atoms with Crippen molar-refractivity contribution in [1.82, 2.24) is 15.1 Å². The Balaban J connectivity index is 2.47. The van der Waals surface area contributed by atoms with E-state index >= 15 is 0 Å². The standard InChI is InChI=1S/C12H15Br2N3S/c1-7(2)17-12(8(13)6-16-17)11(15-3)9-4-5-10(14)18-9/h4-7,11,15H,1-3H3. The lowest BCUT2D eigenvalue weighted by atomic mass is 10.1. The molecule has 1 unspecified atom stereocenters. The van der Waals surface area contributed by atoms with Crippen LogP contribution in [0.25, 0.3) is 0 Å². The van der Waals surface area contributed by atoms with Crippen molar-refractivity contribution in [2.45, 2.75) is 25.9 Å². The number of aromatic nitrogens is 2. The van der Waals surface area contributed by atoms with E-state index in [0.29, 0.717) is 6.04 Å². The van der Waals surface area contributed by atoms with Gasteiger partial charge in [0.25, 0.3) is 0 Å². The van der Waals surface area contributed by atoms with Gasteiger partial charge in [0, 0.05) is 10.9 Å². The minimum atomic E-state index is 0.153. The molecule has 0 radical (unpaired) electrons. The smallest absolute Gasteiger partial charge is 0.0851 e. The quantitative estimate of drug-likeness (QED) is 0.837. The molecule has 0 aliphatic heterocycles. The monoisotopic (exact) mass is 391 g/mol. The van der Waals surface area contributed by atoms with E-state index in [-0.39, 0.29) is 6.04 Å². The zero-order valence-corrected chi connectivity index (χ0v) is 14.4. The molecule has 0 fully saturated rings. The van der Waals surface area contributed by atoms with Gasteiger partial charge in [0.05, 0.1) is 26.2 Å². The van der Waals surface area contributed by atoms with E-state index in [1.807, 2.05) is 13.2 Å². The summed E-state index contributed by atoms with van der Waals surface area (Å²) >= 11 is 8.86. The minimum absolute atomic E-state index is 0.153. The predicted molar refractivity (Wildman–Crippen MR) is 83.2 cm³/mol. The molecule has 98 valence electrons. The van der Waals surface area contributed by atoms with Crippen LogP contribution in [0.15, 0.2) is 26.6 Å². The number of nitrogens with zero attached hydrogens (tertiary/aromatic N) is 2. The van der Waals surface area contributed by atoms with E-state index < -0.39 is 0 Å². The molecule has 0 spiro atoms. The van der Waals surface area contributed by atoms with Crippen molar-refractivity contribution in [2.24, 2.45) is 0 Å². The Labute approximate surface area is 128 Å². The zero-order valence-electron chi connectivity index (χ0n) is 10.4. The minimum Gasteiger partial charge on any atom is -0.307 e. The number of hydrogen-bond acceptors (Lipinski definition) is 3. The number of halogens is 2. The molecule has 0 aliphatic rings. The molecule has 2 rings (SSSR count). The topological polar surface area (TPSA) is 29.9 Å². The summed E-state index contributed by atoms with van der Waals surface area (Å²) in [5.41, 5.74) is 1.17. The molecule has 2 aromatic rings. The third-order valence-corrected chi connectivity index (χ3v) is 5.02. The summed E-state index contributed by atoms with van der Waals surface area (Å²) in [6.07, 6.45) is 1.86. The maximum atomic E-state index is 4.44. The summed E-state index contributed by atoms with van der Waals surface area (Å²) in [5, 5.41) is 7.81. The highest BCUT2D eigenvalue weighted by atomic mass is 79.9. The molecule has 0 saturated carbocycles. The fourth-order valence-corrected chi connectivity index (χ4v) is 3.97. The Kier molecular flexibility index (Phi) is 4.64. The van der Waals surface area contributed by atoms with Gasteiger partial charge < -0.3 is 5.32 Å². The average Bonchev–Trinajstić information content (AvgIpc) is 2.88. The van der Waals surface area contributed by atoms with Crippen molar-refractivity contribution < 1.29 is 0 Å². The zero-order chi connectivity index (χ0) is 13.3. The van der Waals surface area contributed by atoms with Crippen molar-refractivity contribution in [3.8, 4) is 0 Å². The van der Waals surface area contributed by atoms with Gasteiger partial charge in [-0.1, -0.05) is 0 Å². The van der Waals surface area contributed by atoms with Gasteiger partial charge >= 0.3 is 0 Å². The van der Waals surface area contributed by atoms with Crippen LogP contribution < -0.4 is 5.32 Å². The summed E-state index contributed by atoms with van der Waals surface area (Å²) in [6, 6.07) is 4.71. The normalized spacial score (nSPS) is 13.2. The van der Waals surface area contributed by atoms with Gasteiger partial charge in [-0.05, 0) is 64.9 Å². The molecule has 2 aromatic heterocycles. The van der Waals surface area contributed by atoms with Crippen LogP contribution in [-0.2, 0) is 0 Å². The lowest BCUT2D eigenvalue weighted by molar-refractivity contribution is 0.485. The maximum Gasteiger partial charge on any atom is 0.0851 e. The Morgan fingerprint density at radius 3 is 2.56 bits per heavy atom. The highest BCUT2D eigenvalue weighted by molar-refractivity contribution is 9.11. The molecule has 3 nitrogen and oxygen atoms in total. The van der Waals surface area contributed by atoms with Crippen LogP contribution in [0.2, 0.25) is 0 Å². The Bertz CT molecular complexity index is 533. The first kappa shape index (κ1) is 14.2. The summed E-state index contributed by atoms with van der Waals surface area (Å²) in [4.78, 5) is 1.27. The molecule has 0 bridgehead atoms. The number of thiophene rings is 1. The van der Waals surface area contributed by atoms with E-state index in [4.69, 9.17) is 0 Å². The first-order chi connectivity index (χ1) is 8.54. The van der Waals surface area contributed by atoms with Gasteiger partial charge in [-0.3, -0.25) is 4.68 Å². The van der Waals surface area contributed by atoms with Crippen molar-refractivity contribution in [2.75, 3.05) is 7.05 Å². The largest absolute Gasteiger partial charge is 0.307 e. The molecular formula is C12H15Br2N3S. The van der Waals surface area contributed by atoms with Gasteiger partial charge in [0.1, 0.15) is 0 Å². The first-order valence-electron chi connectivity index (χ1n) is 5.70. The highest BCUT2D eigenvalue weighted by Gasteiger charge is 2.22. The molecule has 0 aliphatic carbocycles. The van der Waals surface area contributed by atoms with Crippen molar-refractivity contribution in [3.05, 3.63) is 37.2 Å². The van der Waals surface area contributed by atoms with E-state index in [2.05, 4.69) is 72.9 Å². The third kappa shape index (κ3) is 2.71. The van der Waals surface area contributed by atoms with Crippen LogP contribution in [-0.4, -0.2) is 16.8 Å². The molecule has 6 heteroatoms. The molecule has 1 N–H and O–H groups in total. The maximum absolute atomic E-state index is 4.44. The molecule has 2 heterocycles. The first-order valence-corrected chi connectivity index (χ1v) is 8.10. The van der Waals surface area contributed by atoms with Gasteiger partial charge in [0.2, 0.25) is 0 Å². The van der Waals surface area contributed by atoms with E-state index in [0.717, 1.165) is 8.26 Å². The van der Waals surface area contributed by atoms with Crippen molar-refractivity contribution in [3.63, 3.8) is 0 Å². The van der Waals surface area contributed by atoms with Gasteiger partial charge in [-0.25, -0.2) is 0 Å². The molecule has 18 heavy (non-hydrogen) atoms. The van der Waals surface area contributed by atoms with Crippen LogP contribution in [0.5, 0.6) is 0 Å².